The number of alkyl carbamates (subject to hydrolysis) is 1. The number of H-pyrrole nitrogens is 1. The van der Waals surface area contributed by atoms with Gasteiger partial charge < -0.3 is 29.8 Å². The van der Waals surface area contributed by atoms with Crippen LogP contribution in [-0.4, -0.2) is 64.6 Å². The fourth-order valence-electron chi connectivity index (χ4n) is 3.34. The number of pyridine rings is 1. The quantitative estimate of drug-likeness (QED) is 0.373. The lowest BCUT2D eigenvalue weighted by Crippen LogP contribution is -2.44. The first kappa shape index (κ1) is 27.0. The number of benzene rings is 1. The standard InChI is InChI=1S/C24H26F2N6O5/c1-31(2)21(33)9-5-4-7-16(30-24(36)37-3)22(34)29-17-8-6-10-32(23(17)35)13-20-27-18-11-14(25)15(26)12-19(18)28-20/h5-6,8-12,16H,4,7,13H2,1-3H3,(H,27,28)(H,29,34)(H,30,36)/b9-5+/t16-/m0/s1. The molecule has 3 N–H and O–H groups in total. The number of carbonyl (C=O) groups is 3. The van der Waals surface area contributed by atoms with Crippen LogP contribution in [0.1, 0.15) is 18.7 Å². The highest BCUT2D eigenvalue weighted by molar-refractivity contribution is 5.96. The van der Waals surface area contributed by atoms with Gasteiger partial charge in [0.05, 0.1) is 24.7 Å². The van der Waals surface area contributed by atoms with Crippen LogP contribution in [-0.2, 0) is 20.9 Å². The summed E-state index contributed by atoms with van der Waals surface area (Å²) >= 11 is 0. The van der Waals surface area contributed by atoms with Crippen molar-refractivity contribution in [1.82, 2.24) is 24.8 Å². The number of nitrogens with zero attached hydrogens (tertiary/aromatic N) is 3. The first-order valence-electron chi connectivity index (χ1n) is 11.1. The summed E-state index contributed by atoms with van der Waals surface area (Å²) in [5, 5.41) is 4.91. The zero-order valence-corrected chi connectivity index (χ0v) is 20.4. The highest BCUT2D eigenvalue weighted by Crippen LogP contribution is 2.17. The Morgan fingerprint density at radius 2 is 1.97 bits per heavy atom. The number of hydrogen-bond donors (Lipinski definition) is 3. The molecule has 3 amide bonds. The third-order valence-corrected chi connectivity index (χ3v) is 5.29. The van der Waals surface area contributed by atoms with Crippen LogP contribution in [0.4, 0.5) is 19.3 Å². The van der Waals surface area contributed by atoms with Crippen LogP contribution >= 0.6 is 0 Å². The lowest BCUT2D eigenvalue weighted by Gasteiger charge is -2.17. The molecule has 1 aromatic carbocycles. The molecule has 0 saturated heterocycles. The molecule has 0 fully saturated rings. The fourth-order valence-corrected chi connectivity index (χ4v) is 3.34. The van der Waals surface area contributed by atoms with Crippen molar-refractivity contribution in [3.05, 3.63) is 70.4 Å². The van der Waals surface area contributed by atoms with Gasteiger partial charge in [0.2, 0.25) is 11.8 Å². The zero-order chi connectivity index (χ0) is 27.1. The van der Waals surface area contributed by atoms with Crippen LogP contribution in [0.5, 0.6) is 0 Å². The largest absolute Gasteiger partial charge is 0.453 e. The number of amides is 3. The van der Waals surface area contributed by atoms with Crippen LogP contribution < -0.4 is 16.2 Å². The Hall–Kier alpha value is -4.55. The second kappa shape index (κ2) is 11.9. The molecule has 13 heteroatoms. The molecule has 0 saturated carbocycles. The lowest BCUT2D eigenvalue weighted by atomic mass is 10.1. The van der Waals surface area contributed by atoms with Gasteiger partial charge >= 0.3 is 6.09 Å². The van der Waals surface area contributed by atoms with Crippen molar-refractivity contribution in [3.63, 3.8) is 0 Å². The molecule has 196 valence electrons. The van der Waals surface area contributed by atoms with Crippen molar-refractivity contribution in [1.29, 1.82) is 0 Å². The monoisotopic (exact) mass is 516 g/mol. The van der Waals surface area contributed by atoms with E-state index in [-0.39, 0.29) is 47.8 Å². The number of aromatic amines is 1. The normalized spacial score (nSPS) is 11.9. The smallest absolute Gasteiger partial charge is 0.407 e. The maximum Gasteiger partial charge on any atom is 0.407 e. The number of rotatable bonds is 9. The molecule has 37 heavy (non-hydrogen) atoms. The summed E-state index contributed by atoms with van der Waals surface area (Å²) in [6, 6.07) is 3.78. The van der Waals surface area contributed by atoms with Gasteiger partial charge in [-0.05, 0) is 31.1 Å². The fraction of sp³-hybridized carbons (Fsp3) is 0.292. The Morgan fingerprint density at radius 1 is 1.24 bits per heavy atom. The topological polar surface area (TPSA) is 138 Å². The molecule has 3 aromatic rings. The number of carbonyl (C=O) groups excluding carboxylic acids is 3. The minimum atomic E-state index is -1.06. The van der Waals surface area contributed by atoms with Crippen LogP contribution in [0.15, 0.2) is 47.4 Å². The number of halogens is 2. The molecule has 1 atom stereocenters. The molecular formula is C24H26F2N6O5. The summed E-state index contributed by atoms with van der Waals surface area (Å²) in [7, 11) is 4.35. The lowest BCUT2D eigenvalue weighted by molar-refractivity contribution is -0.123. The molecule has 3 rings (SSSR count). The van der Waals surface area contributed by atoms with E-state index in [1.807, 2.05) is 0 Å². The maximum atomic E-state index is 13.5. The number of likely N-dealkylation sites (N-methyl/N-ethyl adjacent to an activating group) is 1. The average Bonchev–Trinajstić information content (AvgIpc) is 3.23. The van der Waals surface area contributed by atoms with E-state index in [0.717, 1.165) is 19.2 Å². The van der Waals surface area contributed by atoms with Crippen molar-refractivity contribution in [2.24, 2.45) is 0 Å². The van der Waals surface area contributed by atoms with Gasteiger partial charge in [0, 0.05) is 32.4 Å². The van der Waals surface area contributed by atoms with Gasteiger partial charge in [0.25, 0.3) is 5.56 Å². The number of allylic oxidation sites excluding steroid dienone is 1. The van der Waals surface area contributed by atoms with Crippen LogP contribution in [0, 0.1) is 11.6 Å². The summed E-state index contributed by atoms with van der Waals surface area (Å²) in [5.41, 5.74) is -0.161. The van der Waals surface area contributed by atoms with Gasteiger partial charge in [-0.15, -0.1) is 0 Å². The Labute approximate surface area is 210 Å². The average molecular weight is 517 g/mol. The summed E-state index contributed by atoms with van der Waals surface area (Å²) in [6.07, 6.45) is 3.96. The van der Waals surface area contributed by atoms with Gasteiger partial charge in [0.1, 0.15) is 17.6 Å². The molecule has 2 heterocycles. The van der Waals surface area contributed by atoms with Crippen molar-refractivity contribution in [3.8, 4) is 0 Å². The van der Waals surface area contributed by atoms with Gasteiger partial charge in [-0.2, -0.15) is 0 Å². The summed E-state index contributed by atoms with van der Waals surface area (Å²) < 4.78 is 32.8. The van der Waals surface area contributed by atoms with E-state index in [1.165, 1.54) is 33.9 Å². The van der Waals surface area contributed by atoms with Crippen LogP contribution in [0.2, 0.25) is 0 Å². The second-order valence-corrected chi connectivity index (χ2v) is 8.21. The van der Waals surface area contributed by atoms with Gasteiger partial charge in [0.15, 0.2) is 11.6 Å². The second-order valence-electron chi connectivity index (χ2n) is 8.21. The highest BCUT2D eigenvalue weighted by Gasteiger charge is 2.22. The first-order chi connectivity index (χ1) is 17.6. The number of hydrogen-bond acceptors (Lipinski definition) is 6. The first-order valence-corrected chi connectivity index (χ1v) is 11.1. The Balaban J connectivity index is 1.74. The molecule has 0 unspecified atom stereocenters. The number of fused-ring (bicyclic) bond motifs is 1. The number of nitrogens with one attached hydrogen (secondary N) is 3. The maximum absolute atomic E-state index is 13.5. The number of imidazole rings is 1. The number of ether oxygens (including phenoxy) is 1. The molecule has 0 radical (unpaired) electrons. The Bertz CT molecular complexity index is 1360. The molecule has 2 aromatic heterocycles. The predicted octanol–water partition coefficient (Wildman–Crippen LogP) is 2.14. The van der Waals surface area contributed by atoms with E-state index in [0.29, 0.717) is 0 Å². The third-order valence-electron chi connectivity index (χ3n) is 5.29. The van der Waals surface area contributed by atoms with Crippen molar-refractivity contribution in [2.75, 3.05) is 26.5 Å². The molecule has 11 nitrogen and oxygen atoms in total. The SMILES string of the molecule is COC(=O)N[C@@H](CC/C=C/C(=O)N(C)C)C(=O)Nc1cccn(Cc2nc3cc(F)c(F)cc3[nH]2)c1=O. The van der Waals surface area contributed by atoms with Crippen molar-refractivity contribution in [2.45, 2.75) is 25.4 Å². The van der Waals surface area contributed by atoms with E-state index in [9.17, 15) is 28.0 Å². The highest BCUT2D eigenvalue weighted by atomic mass is 19.2. The third kappa shape index (κ3) is 6.99. The minimum absolute atomic E-state index is 0.0595. The zero-order valence-electron chi connectivity index (χ0n) is 20.4. The molecule has 0 aliphatic carbocycles. The van der Waals surface area contributed by atoms with Gasteiger partial charge in [-0.1, -0.05) is 6.08 Å². The predicted molar refractivity (Wildman–Crippen MR) is 131 cm³/mol. The van der Waals surface area contributed by atoms with E-state index >= 15 is 0 Å². The molecule has 0 spiro atoms. The molecule has 0 aliphatic rings. The summed E-state index contributed by atoms with van der Waals surface area (Å²) in [6.45, 7) is -0.0605. The van der Waals surface area contributed by atoms with E-state index in [4.69, 9.17) is 0 Å². The number of anilines is 1. The van der Waals surface area contributed by atoms with Crippen LogP contribution in [0.25, 0.3) is 11.0 Å². The van der Waals surface area contributed by atoms with Crippen LogP contribution in [0.3, 0.4) is 0 Å². The Morgan fingerprint density at radius 3 is 2.68 bits per heavy atom. The van der Waals surface area contributed by atoms with Crippen molar-refractivity contribution < 1.29 is 27.9 Å². The molecule has 0 aliphatic heterocycles. The summed E-state index contributed by atoms with van der Waals surface area (Å²) in [5.74, 6) is -2.69. The number of methoxy groups -OCH3 is 1. The number of aromatic nitrogens is 3. The van der Waals surface area contributed by atoms with E-state index in [2.05, 4.69) is 25.3 Å². The van der Waals surface area contributed by atoms with E-state index < -0.39 is 35.2 Å². The molecule has 0 bridgehead atoms. The minimum Gasteiger partial charge on any atom is -0.453 e. The summed E-state index contributed by atoms with van der Waals surface area (Å²) in [4.78, 5) is 57.6. The van der Waals surface area contributed by atoms with Gasteiger partial charge in [-0.3, -0.25) is 14.4 Å². The van der Waals surface area contributed by atoms with E-state index in [1.54, 1.807) is 20.2 Å². The van der Waals surface area contributed by atoms with Gasteiger partial charge in [-0.25, -0.2) is 18.6 Å². The van der Waals surface area contributed by atoms with Crippen molar-refractivity contribution >= 4 is 34.6 Å². The Kier molecular flexibility index (Phi) is 8.72. The molecular weight excluding hydrogens is 490 g/mol.